The maximum Gasteiger partial charge on any atom is 0.143 e. The van der Waals surface area contributed by atoms with E-state index in [1.807, 2.05) is 108 Å². The summed E-state index contributed by atoms with van der Waals surface area (Å²) < 4.78 is 45.9. The minimum Gasteiger partial charge on any atom is -0.455 e. The van der Waals surface area contributed by atoms with Crippen molar-refractivity contribution in [2.24, 2.45) is 0 Å². The molecule has 0 aliphatic rings. The summed E-state index contributed by atoms with van der Waals surface area (Å²) in [5.74, 6) is 0. The van der Waals surface area contributed by atoms with Crippen molar-refractivity contribution in [2.45, 2.75) is 0 Å². The number of benzene rings is 11. The molecular weight excluding hydrogens is 751 g/mol. The predicted molar refractivity (Wildman–Crippen MR) is 263 cm³/mol. The van der Waals surface area contributed by atoms with Crippen LogP contribution < -0.4 is 4.90 Å². The van der Waals surface area contributed by atoms with Crippen molar-refractivity contribution < 1.29 is 9.90 Å². The third-order valence-electron chi connectivity index (χ3n) is 12.1. The molecule has 1 aromatic heterocycles. The fraction of sp³-hybridized carbons (Fsp3) is 0. The van der Waals surface area contributed by atoms with Gasteiger partial charge in [-0.05, 0) is 103 Å². The van der Waals surface area contributed by atoms with E-state index < -0.39 is 0 Å². The average molecular weight is 794 g/mol. The Morgan fingerprint density at radius 1 is 0.306 bits per heavy atom. The number of fused-ring (bicyclic) bond motifs is 7. The van der Waals surface area contributed by atoms with Crippen molar-refractivity contribution in [1.82, 2.24) is 0 Å². The van der Waals surface area contributed by atoms with Crippen molar-refractivity contribution in [2.75, 3.05) is 4.90 Å². The van der Waals surface area contributed by atoms with Crippen LogP contribution in [-0.2, 0) is 0 Å². The highest BCUT2D eigenvalue weighted by Gasteiger charge is 2.21. The minimum atomic E-state index is -0.150. The molecule has 0 atom stereocenters. The lowest BCUT2D eigenvalue weighted by Crippen LogP contribution is -2.11. The van der Waals surface area contributed by atoms with Gasteiger partial charge in [0.25, 0.3) is 0 Å². The van der Waals surface area contributed by atoms with Crippen molar-refractivity contribution in [1.29, 1.82) is 0 Å². The summed E-state index contributed by atoms with van der Waals surface area (Å²) in [6.07, 6.45) is 0. The lowest BCUT2D eigenvalue weighted by molar-refractivity contribution is 0.674. The molecule has 2 nitrogen and oxygen atoms in total. The van der Waals surface area contributed by atoms with Crippen LogP contribution in [0.4, 0.5) is 17.1 Å². The quantitative estimate of drug-likeness (QED) is 0.160. The first-order valence-electron chi connectivity index (χ1n) is 22.9. The maximum absolute atomic E-state index is 9.85. The molecule has 0 radical (unpaired) electrons. The van der Waals surface area contributed by atoms with Gasteiger partial charge in [0.1, 0.15) is 11.2 Å². The van der Waals surface area contributed by atoms with Gasteiger partial charge in [-0.2, -0.15) is 0 Å². The zero-order valence-electron chi connectivity index (χ0n) is 37.6. The van der Waals surface area contributed by atoms with E-state index in [-0.39, 0.29) is 35.4 Å². The highest BCUT2D eigenvalue weighted by Crippen LogP contribution is 2.46. The number of hydrogen-bond acceptors (Lipinski definition) is 2. The van der Waals surface area contributed by atoms with Gasteiger partial charge in [-0.25, -0.2) is 0 Å². The van der Waals surface area contributed by atoms with E-state index in [4.69, 9.17) is 4.42 Å². The Morgan fingerprint density at radius 3 is 1.56 bits per heavy atom. The second-order valence-corrected chi connectivity index (χ2v) is 15.7. The van der Waals surface area contributed by atoms with Gasteiger partial charge in [-0.15, -0.1) is 0 Å². The molecule has 0 aliphatic heterocycles. The first kappa shape index (κ1) is 31.7. The summed E-state index contributed by atoms with van der Waals surface area (Å²) in [5, 5.41) is 8.62. The van der Waals surface area contributed by atoms with Gasteiger partial charge in [-0.3, -0.25) is 0 Å². The molecule has 0 bridgehead atoms. The molecule has 2 heteroatoms. The second kappa shape index (κ2) is 14.8. The van der Waals surface area contributed by atoms with E-state index in [2.05, 4.69) is 109 Å². The monoisotopic (exact) mass is 793 g/mol. The van der Waals surface area contributed by atoms with Crippen LogP contribution in [0.5, 0.6) is 0 Å². The van der Waals surface area contributed by atoms with E-state index in [9.17, 15) is 5.48 Å². The van der Waals surface area contributed by atoms with E-state index in [1.54, 1.807) is 0 Å². The number of rotatable bonds is 7. The highest BCUT2D eigenvalue weighted by molar-refractivity contribution is 6.17. The number of anilines is 3. The summed E-state index contributed by atoms with van der Waals surface area (Å²) >= 11 is 0. The molecule has 0 fully saturated rings. The smallest absolute Gasteiger partial charge is 0.143 e. The van der Waals surface area contributed by atoms with Gasteiger partial charge in [0, 0.05) is 38.7 Å². The zero-order valence-corrected chi connectivity index (χ0v) is 33.6. The van der Waals surface area contributed by atoms with E-state index in [1.165, 1.54) is 0 Å². The molecule has 11 aromatic carbocycles. The third kappa shape index (κ3) is 6.04. The minimum absolute atomic E-state index is 0.123. The summed E-state index contributed by atoms with van der Waals surface area (Å²) in [5.41, 5.74) is 9.63. The largest absolute Gasteiger partial charge is 0.455 e. The summed E-state index contributed by atoms with van der Waals surface area (Å²) in [7, 11) is 0. The van der Waals surface area contributed by atoms with E-state index >= 15 is 0 Å². The molecule has 12 rings (SSSR count). The van der Waals surface area contributed by atoms with Crippen LogP contribution in [-0.4, -0.2) is 0 Å². The first-order chi connectivity index (χ1) is 32.4. The van der Waals surface area contributed by atoms with Crippen LogP contribution in [0, 0.1) is 0 Å². The van der Waals surface area contributed by atoms with Crippen LogP contribution in [0.15, 0.2) is 241 Å². The molecule has 290 valence electrons. The van der Waals surface area contributed by atoms with Gasteiger partial charge < -0.3 is 9.32 Å². The Morgan fingerprint density at radius 2 is 0.823 bits per heavy atom. The van der Waals surface area contributed by atoms with Crippen molar-refractivity contribution in [3.05, 3.63) is 236 Å². The van der Waals surface area contributed by atoms with Crippen LogP contribution in [0.2, 0.25) is 0 Å². The standard InChI is InChI=1S/C60H39NO/c1-4-20-49-41(13-1)16-10-24-51(49)44-31-36-48(37-32-44)61(47-34-29-40(30-35-47)45-18-9-19-46(39-45)52-25-11-17-42-14-2-5-21-50(42)52)58-28-8-7-23-54(58)55-26-12-27-56-57-38-33-43-15-3-6-22-53(43)59(57)62-60(55)56/h1-39H/i29D,30D,34D,35D. The van der Waals surface area contributed by atoms with Gasteiger partial charge in [0.2, 0.25) is 0 Å². The number of nitrogens with zero attached hydrogens (tertiary/aromatic N) is 1. The second-order valence-electron chi connectivity index (χ2n) is 15.7. The molecule has 0 saturated carbocycles. The lowest BCUT2D eigenvalue weighted by atomic mass is 9.95. The van der Waals surface area contributed by atoms with Gasteiger partial charge >= 0.3 is 0 Å². The number of hydrogen-bond donors (Lipinski definition) is 0. The van der Waals surface area contributed by atoms with Gasteiger partial charge in [-0.1, -0.05) is 194 Å². The summed E-state index contributed by atoms with van der Waals surface area (Å²) in [6.45, 7) is 0. The number of para-hydroxylation sites is 2. The Balaban J connectivity index is 1.06. The summed E-state index contributed by atoms with van der Waals surface area (Å²) in [6, 6.07) is 71.1. The molecule has 0 N–H and O–H groups in total. The Kier molecular flexibility index (Phi) is 7.57. The number of furan rings is 1. The SMILES string of the molecule is [2H]c1c([2H])c(N(c2ccc(-c3cccc4ccccc34)cc2)c2ccccc2-c2cccc3c2oc2c4ccccc4ccc32)c([2H])c([2H])c1-c1cccc(-c2cccc3ccccc23)c1. The average Bonchev–Trinajstić information content (AvgIpc) is 3.77. The molecule has 12 aromatic rings. The molecule has 0 amide bonds. The predicted octanol–water partition coefficient (Wildman–Crippen LogP) is 17.2. The molecule has 0 saturated heterocycles. The first-order valence-corrected chi connectivity index (χ1v) is 20.9. The van der Waals surface area contributed by atoms with Crippen molar-refractivity contribution in [3.8, 4) is 44.5 Å². The molecule has 1 heterocycles. The van der Waals surface area contributed by atoms with Crippen LogP contribution in [0.1, 0.15) is 5.48 Å². The molecular formula is C60H39NO. The Bertz CT molecular complexity index is 3850. The van der Waals surface area contributed by atoms with Crippen LogP contribution in [0.3, 0.4) is 0 Å². The molecule has 62 heavy (non-hydrogen) atoms. The normalized spacial score (nSPS) is 12.5. The Labute approximate surface area is 365 Å². The zero-order chi connectivity index (χ0) is 44.5. The van der Waals surface area contributed by atoms with E-state index in [0.29, 0.717) is 16.9 Å². The fourth-order valence-electron chi connectivity index (χ4n) is 9.17. The Hall–Kier alpha value is -8.20. The third-order valence-corrected chi connectivity index (χ3v) is 12.1. The molecule has 0 aliphatic carbocycles. The fourth-order valence-corrected chi connectivity index (χ4v) is 9.17. The van der Waals surface area contributed by atoms with E-state index in [0.717, 1.165) is 87.6 Å². The van der Waals surface area contributed by atoms with Crippen molar-refractivity contribution >= 4 is 71.3 Å². The molecule has 0 spiro atoms. The topological polar surface area (TPSA) is 16.4 Å². The van der Waals surface area contributed by atoms with Gasteiger partial charge in [0.05, 0.1) is 11.2 Å². The summed E-state index contributed by atoms with van der Waals surface area (Å²) in [4.78, 5) is 1.89. The lowest BCUT2D eigenvalue weighted by Gasteiger charge is -2.28. The van der Waals surface area contributed by atoms with Gasteiger partial charge in [0.15, 0.2) is 0 Å². The van der Waals surface area contributed by atoms with Crippen LogP contribution in [0.25, 0.3) is 98.8 Å². The highest BCUT2D eigenvalue weighted by atomic mass is 16.3. The van der Waals surface area contributed by atoms with Crippen LogP contribution >= 0.6 is 0 Å². The maximum atomic E-state index is 9.85. The molecule has 0 unspecified atom stereocenters. The van der Waals surface area contributed by atoms with Crippen molar-refractivity contribution in [3.63, 3.8) is 0 Å².